The Hall–Kier alpha value is -2.58. The molecular formula is C23H23BrN4O2S. The minimum Gasteiger partial charge on any atom is -0.453 e. The van der Waals surface area contributed by atoms with E-state index < -0.39 is 0 Å². The first-order chi connectivity index (χ1) is 15.0. The normalized spacial score (nSPS) is 11.4. The van der Waals surface area contributed by atoms with Crippen LogP contribution in [0.1, 0.15) is 32.3 Å². The molecule has 0 unspecified atom stereocenters. The maximum atomic E-state index is 12.6. The molecule has 0 bridgehead atoms. The molecule has 1 N–H and O–H groups in total. The van der Waals surface area contributed by atoms with Crippen molar-refractivity contribution < 1.29 is 9.21 Å². The van der Waals surface area contributed by atoms with Crippen LogP contribution in [0.25, 0.3) is 22.6 Å². The number of hydrogen-bond donors (Lipinski definition) is 1. The lowest BCUT2D eigenvalue weighted by Crippen LogP contribution is -2.16. The molecule has 2 aromatic heterocycles. The van der Waals surface area contributed by atoms with Gasteiger partial charge in [0.25, 0.3) is 0 Å². The molecule has 0 aliphatic heterocycles. The Kier molecular flexibility index (Phi) is 6.48. The summed E-state index contributed by atoms with van der Waals surface area (Å²) < 4.78 is 8.91. The van der Waals surface area contributed by atoms with E-state index in [1.807, 2.05) is 60.0 Å². The second-order valence-corrected chi connectivity index (χ2v) is 9.28. The Balaban J connectivity index is 1.49. The maximum Gasteiger partial charge on any atom is 0.234 e. The first-order valence-electron chi connectivity index (χ1n) is 10.1. The van der Waals surface area contributed by atoms with Gasteiger partial charge in [-0.3, -0.25) is 9.36 Å². The summed E-state index contributed by atoms with van der Waals surface area (Å²) in [5.41, 5.74) is 2.74. The number of anilines is 1. The second-order valence-electron chi connectivity index (χ2n) is 7.42. The van der Waals surface area contributed by atoms with Crippen LogP contribution in [-0.4, -0.2) is 26.4 Å². The van der Waals surface area contributed by atoms with Crippen molar-refractivity contribution in [1.29, 1.82) is 0 Å². The fourth-order valence-electron chi connectivity index (χ4n) is 3.40. The molecule has 2 heterocycles. The van der Waals surface area contributed by atoms with Gasteiger partial charge >= 0.3 is 0 Å². The number of thioether (sulfide) groups is 1. The van der Waals surface area contributed by atoms with Crippen molar-refractivity contribution in [3.63, 3.8) is 0 Å². The average molecular weight is 499 g/mol. The van der Waals surface area contributed by atoms with E-state index in [1.165, 1.54) is 11.8 Å². The van der Waals surface area contributed by atoms with Gasteiger partial charge in [0.15, 0.2) is 10.9 Å². The van der Waals surface area contributed by atoms with Gasteiger partial charge < -0.3 is 9.73 Å². The number of fused-ring (bicyclic) bond motifs is 1. The van der Waals surface area contributed by atoms with E-state index in [9.17, 15) is 4.79 Å². The highest BCUT2D eigenvalue weighted by Gasteiger charge is 2.18. The first-order valence-corrected chi connectivity index (χ1v) is 11.9. The fourth-order valence-corrected chi connectivity index (χ4v) is 4.58. The van der Waals surface area contributed by atoms with Crippen molar-refractivity contribution in [3.05, 3.63) is 58.6 Å². The molecule has 0 radical (unpaired) electrons. The Bertz CT molecular complexity index is 1200. The van der Waals surface area contributed by atoms with Gasteiger partial charge in [-0.15, -0.1) is 10.2 Å². The molecule has 2 aromatic carbocycles. The van der Waals surface area contributed by atoms with Gasteiger partial charge in [0.05, 0.1) is 5.75 Å². The summed E-state index contributed by atoms with van der Waals surface area (Å²) in [6.45, 7) is 6.91. The molecular weight excluding hydrogens is 476 g/mol. The van der Waals surface area contributed by atoms with Gasteiger partial charge in [-0.25, -0.2) is 0 Å². The lowest BCUT2D eigenvalue weighted by molar-refractivity contribution is -0.113. The number of carbonyl (C=O) groups is 1. The summed E-state index contributed by atoms with van der Waals surface area (Å²) in [5, 5.41) is 13.4. The number of rotatable bonds is 7. The van der Waals surface area contributed by atoms with Crippen LogP contribution in [0.2, 0.25) is 0 Å². The highest BCUT2D eigenvalue weighted by Crippen LogP contribution is 2.30. The highest BCUT2D eigenvalue weighted by molar-refractivity contribution is 9.10. The van der Waals surface area contributed by atoms with Gasteiger partial charge in [0.2, 0.25) is 11.7 Å². The zero-order chi connectivity index (χ0) is 22.0. The van der Waals surface area contributed by atoms with Crippen LogP contribution in [0, 0.1) is 0 Å². The van der Waals surface area contributed by atoms with Gasteiger partial charge in [0, 0.05) is 22.1 Å². The summed E-state index contributed by atoms with van der Waals surface area (Å²) >= 11 is 4.86. The van der Waals surface area contributed by atoms with Crippen LogP contribution in [-0.2, 0) is 11.3 Å². The van der Waals surface area contributed by atoms with Crippen molar-refractivity contribution in [2.24, 2.45) is 0 Å². The van der Waals surface area contributed by atoms with Gasteiger partial charge in [-0.2, -0.15) is 0 Å². The minimum atomic E-state index is -0.0786. The molecule has 0 spiro atoms. The number of nitrogens with one attached hydrogen (secondary N) is 1. The van der Waals surface area contributed by atoms with E-state index in [2.05, 4.69) is 45.3 Å². The van der Waals surface area contributed by atoms with Gasteiger partial charge in [0.1, 0.15) is 5.58 Å². The van der Waals surface area contributed by atoms with Crippen LogP contribution < -0.4 is 5.32 Å². The van der Waals surface area contributed by atoms with E-state index in [-0.39, 0.29) is 11.7 Å². The minimum absolute atomic E-state index is 0.0786. The third kappa shape index (κ3) is 4.70. The molecule has 0 atom stereocenters. The van der Waals surface area contributed by atoms with E-state index in [0.717, 1.165) is 26.7 Å². The number of amides is 1. The summed E-state index contributed by atoms with van der Waals surface area (Å²) in [6.07, 6.45) is 0. The molecule has 4 aromatic rings. The number of halogens is 1. The summed E-state index contributed by atoms with van der Waals surface area (Å²) in [4.78, 5) is 12.6. The van der Waals surface area contributed by atoms with Crippen molar-refractivity contribution in [3.8, 4) is 11.6 Å². The predicted octanol–water partition coefficient (Wildman–Crippen LogP) is 6.33. The highest BCUT2D eigenvalue weighted by atomic mass is 79.9. The molecule has 0 saturated carbocycles. The monoisotopic (exact) mass is 498 g/mol. The Morgan fingerprint density at radius 3 is 2.74 bits per heavy atom. The Morgan fingerprint density at radius 2 is 2.00 bits per heavy atom. The zero-order valence-electron chi connectivity index (χ0n) is 17.6. The summed E-state index contributed by atoms with van der Waals surface area (Å²) in [6, 6.07) is 15.7. The van der Waals surface area contributed by atoms with Crippen LogP contribution in [0.3, 0.4) is 0 Å². The molecule has 160 valence electrons. The van der Waals surface area contributed by atoms with Crippen molar-refractivity contribution in [2.45, 2.75) is 38.4 Å². The molecule has 0 saturated heterocycles. The molecule has 31 heavy (non-hydrogen) atoms. The third-order valence-electron chi connectivity index (χ3n) is 4.92. The zero-order valence-corrected chi connectivity index (χ0v) is 20.0. The van der Waals surface area contributed by atoms with Crippen molar-refractivity contribution in [1.82, 2.24) is 14.8 Å². The van der Waals surface area contributed by atoms with E-state index >= 15 is 0 Å². The van der Waals surface area contributed by atoms with Crippen LogP contribution in [0.4, 0.5) is 5.69 Å². The topological polar surface area (TPSA) is 73.0 Å². The summed E-state index contributed by atoms with van der Waals surface area (Å²) in [7, 11) is 0. The van der Waals surface area contributed by atoms with Crippen LogP contribution in [0.15, 0.2) is 62.6 Å². The lowest BCUT2D eigenvalue weighted by atomic mass is 10.0. The molecule has 0 aliphatic carbocycles. The number of benzene rings is 2. The quantitative estimate of drug-likeness (QED) is 0.301. The molecule has 1 amide bonds. The number of furan rings is 1. The van der Waals surface area contributed by atoms with E-state index in [1.54, 1.807) is 0 Å². The van der Waals surface area contributed by atoms with Gasteiger partial charge in [-0.1, -0.05) is 59.7 Å². The molecule has 0 fully saturated rings. The second kappa shape index (κ2) is 9.28. The number of carbonyl (C=O) groups excluding carboxylic acids is 1. The average Bonchev–Trinajstić information content (AvgIpc) is 3.36. The first kappa shape index (κ1) is 21.6. The molecule has 4 rings (SSSR count). The van der Waals surface area contributed by atoms with Crippen molar-refractivity contribution >= 4 is 50.3 Å². The van der Waals surface area contributed by atoms with Crippen LogP contribution in [0.5, 0.6) is 0 Å². The number of para-hydroxylation sites is 1. The predicted molar refractivity (Wildman–Crippen MR) is 128 cm³/mol. The van der Waals surface area contributed by atoms with Gasteiger partial charge in [-0.05, 0) is 48.7 Å². The Labute approximate surface area is 193 Å². The van der Waals surface area contributed by atoms with Crippen molar-refractivity contribution in [2.75, 3.05) is 11.1 Å². The lowest BCUT2D eigenvalue weighted by Gasteiger charge is -2.14. The SMILES string of the molecule is CCn1c(SCC(=O)Nc2ccc(Br)cc2C(C)C)nnc1-c1cc2ccccc2o1. The fraction of sp³-hybridized carbons (Fsp3) is 0.261. The Morgan fingerprint density at radius 1 is 1.19 bits per heavy atom. The number of nitrogens with zero attached hydrogens (tertiary/aromatic N) is 3. The molecule has 0 aliphatic rings. The molecule has 6 nitrogen and oxygen atoms in total. The summed E-state index contributed by atoms with van der Waals surface area (Å²) in [5.74, 6) is 1.80. The number of aromatic nitrogens is 3. The largest absolute Gasteiger partial charge is 0.453 e. The standard InChI is InChI=1S/C23H23BrN4O2S/c1-4-28-22(20-11-15-7-5-6-8-19(15)30-20)26-27-23(28)31-13-21(29)25-18-10-9-16(24)12-17(18)14(2)3/h5-12,14H,4,13H2,1-3H3,(H,25,29). The van der Waals surface area contributed by atoms with Crippen LogP contribution >= 0.6 is 27.7 Å². The maximum absolute atomic E-state index is 12.6. The van der Waals surface area contributed by atoms with E-state index in [0.29, 0.717) is 29.2 Å². The molecule has 8 heteroatoms. The third-order valence-corrected chi connectivity index (χ3v) is 6.38. The number of hydrogen-bond acceptors (Lipinski definition) is 5. The van der Waals surface area contributed by atoms with E-state index in [4.69, 9.17) is 4.42 Å². The smallest absolute Gasteiger partial charge is 0.234 e.